The Bertz CT molecular complexity index is 3520. The number of para-hydroxylation sites is 2. The quantitative estimate of drug-likeness (QED) is 0.162. The number of benzene rings is 9. The van der Waals surface area contributed by atoms with E-state index in [2.05, 4.69) is 188 Å². The van der Waals surface area contributed by atoms with Gasteiger partial charge in [0, 0.05) is 38.8 Å². The molecule has 0 saturated carbocycles. The molecule has 0 bridgehead atoms. The van der Waals surface area contributed by atoms with Gasteiger partial charge >= 0.3 is 0 Å². The van der Waals surface area contributed by atoms with Crippen molar-refractivity contribution in [3.05, 3.63) is 247 Å². The molecular formula is C60H37N3O. The van der Waals surface area contributed by atoms with Gasteiger partial charge in [-0.25, -0.2) is 15.0 Å². The maximum absolute atomic E-state index is 7.18. The van der Waals surface area contributed by atoms with E-state index in [0.29, 0.717) is 5.82 Å². The second-order valence-electron chi connectivity index (χ2n) is 16.6. The van der Waals surface area contributed by atoms with E-state index in [1.165, 1.54) is 22.3 Å². The average Bonchev–Trinajstić information content (AvgIpc) is 3.67. The minimum Gasteiger partial charge on any atom is -0.456 e. The molecule has 0 radical (unpaired) electrons. The Morgan fingerprint density at radius 2 is 0.859 bits per heavy atom. The molecule has 2 aliphatic rings. The summed E-state index contributed by atoms with van der Waals surface area (Å²) in [5.41, 5.74) is 16.7. The molecule has 4 nitrogen and oxygen atoms in total. The first kappa shape index (κ1) is 36.2. The highest BCUT2D eigenvalue weighted by Crippen LogP contribution is 2.63. The summed E-state index contributed by atoms with van der Waals surface area (Å²) < 4.78 is 7.18. The van der Waals surface area contributed by atoms with Crippen LogP contribution in [0.4, 0.5) is 0 Å². The van der Waals surface area contributed by atoms with Gasteiger partial charge in [0.1, 0.15) is 11.5 Å². The molecule has 0 amide bonds. The number of nitrogens with zero attached hydrogens (tertiary/aromatic N) is 3. The normalized spacial score (nSPS) is 12.9. The smallest absolute Gasteiger partial charge is 0.160 e. The number of rotatable bonds is 5. The fourth-order valence-electron chi connectivity index (χ4n) is 10.3. The van der Waals surface area contributed by atoms with Crippen molar-refractivity contribution in [3.8, 4) is 78.9 Å². The molecule has 0 fully saturated rings. The summed E-state index contributed by atoms with van der Waals surface area (Å²) in [4.78, 5) is 15.5. The molecule has 13 rings (SSSR count). The molecule has 3 heterocycles. The molecule has 11 aromatic rings. The second kappa shape index (κ2) is 14.3. The van der Waals surface area contributed by atoms with Gasteiger partial charge in [0.15, 0.2) is 5.82 Å². The molecule has 2 aromatic heterocycles. The van der Waals surface area contributed by atoms with Gasteiger partial charge in [0.05, 0.1) is 33.4 Å². The van der Waals surface area contributed by atoms with Crippen molar-refractivity contribution < 1.29 is 4.74 Å². The Balaban J connectivity index is 0.940. The van der Waals surface area contributed by atoms with Crippen molar-refractivity contribution in [1.82, 2.24) is 15.0 Å². The maximum Gasteiger partial charge on any atom is 0.160 e. The highest BCUT2D eigenvalue weighted by Gasteiger charge is 2.51. The van der Waals surface area contributed by atoms with E-state index in [9.17, 15) is 0 Å². The van der Waals surface area contributed by atoms with E-state index in [1.807, 2.05) is 36.4 Å². The highest BCUT2D eigenvalue weighted by atomic mass is 16.5. The molecule has 4 heteroatoms. The van der Waals surface area contributed by atoms with Gasteiger partial charge in [0.2, 0.25) is 0 Å². The predicted octanol–water partition coefficient (Wildman–Crippen LogP) is 15.0. The zero-order valence-electron chi connectivity index (χ0n) is 34.6. The van der Waals surface area contributed by atoms with Crippen LogP contribution in [-0.4, -0.2) is 15.0 Å². The molecule has 1 aliphatic carbocycles. The van der Waals surface area contributed by atoms with Crippen LogP contribution in [0.15, 0.2) is 224 Å². The van der Waals surface area contributed by atoms with Gasteiger partial charge in [-0.3, -0.25) is 0 Å². The molecule has 0 unspecified atom stereocenters. The van der Waals surface area contributed by atoms with Crippen LogP contribution < -0.4 is 4.74 Å². The van der Waals surface area contributed by atoms with Crippen molar-refractivity contribution in [2.75, 3.05) is 0 Å². The lowest BCUT2D eigenvalue weighted by Gasteiger charge is -2.40. The summed E-state index contributed by atoms with van der Waals surface area (Å²) >= 11 is 0. The van der Waals surface area contributed by atoms with Crippen LogP contribution in [0, 0.1) is 0 Å². The Kier molecular flexibility index (Phi) is 8.09. The van der Waals surface area contributed by atoms with Crippen LogP contribution in [0.5, 0.6) is 11.5 Å². The molecule has 9 aromatic carbocycles. The van der Waals surface area contributed by atoms with Crippen LogP contribution in [0.25, 0.3) is 89.1 Å². The summed E-state index contributed by atoms with van der Waals surface area (Å²) in [7, 11) is 0. The zero-order chi connectivity index (χ0) is 42.2. The summed E-state index contributed by atoms with van der Waals surface area (Å²) in [5, 5.41) is 3.22. The number of pyridine rings is 1. The summed E-state index contributed by atoms with van der Waals surface area (Å²) in [6.45, 7) is 0. The van der Waals surface area contributed by atoms with Crippen molar-refractivity contribution in [3.63, 3.8) is 0 Å². The van der Waals surface area contributed by atoms with Crippen molar-refractivity contribution >= 4 is 21.7 Å². The number of hydrogen-bond donors (Lipinski definition) is 0. The zero-order valence-corrected chi connectivity index (χ0v) is 34.6. The number of aromatic nitrogens is 3. The molecule has 0 N–H and O–H groups in total. The maximum atomic E-state index is 7.18. The first-order chi connectivity index (χ1) is 31.7. The van der Waals surface area contributed by atoms with Crippen LogP contribution in [0.2, 0.25) is 0 Å². The van der Waals surface area contributed by atoms with E-state index in [4.69, 9.17) is 19.7 Å². The summed E-state index contributed by atoms with van der Waals surface area (Å²) in [5.74, 6) is 2.42. The van der Waals surface area contributed by atoms with Crippen molar-refractivity contribution in [2.45, 2.75) is 5.41 Å². The van der Waals surface area contributed by atoms with E-state index in [1.54, 1.807) is 0 Å². The molecular weight excluding hydrogens is 779 g/mol. The minimum absolute atomic E-state index is 0.567. The van der Waals surface area contributed by atoms with Gasteiger partial charge in [-0.2, -0.15) is 0 Å². The van der Waals surface area contributed by atoms with Crippen LogP contribution >= 0.6 is 0 Å². The Hall–Kier alpha value is -8.47. The number of hydrogen-bond acceptors (Lipinski definition) is 4. The lowest BCUT2D eigenvalue weighted by atomic mass is 9.65. The predicted molar refractivity (Wildman–Crippen MR) is 259 cm³/mol. The lowest BCUT2D eigenvalue weighted by molar-refractivity contribution is 0.442. The Morgan fingerprint density at radius 3 is 1.53 bits per heavy atom. The van der Waals surface area contributed by atoms with Gasteiger partial charge in [-0.15, -0.1) is 0 Å². The Morgan fingerprint density at radius 1 is 0.344 bits per heavy atom. The number of ether oxygens (including phenoxy) is 1. The fourth-order valence-corrected chi connectivity index (χ4v) is 10.3. The molecule has 1 aliphatic heterocycles. The number of fused-ring (bicyclic) bond motifs is 13. The summed E-state index contributed by atoms with van der Waals surface area (Å²) in [6.07, 6.45) is 0. The third kappa shape index (κ3) is 5.46. The molecule has 1 spiro atoms. The molecule has 0 atom stereocenters. The van der Waals surface area contributed by atoms with Crippen LogP contribution in [0.3, 0.4) is 0 Å². The standard InChI is InChI=1S/C60H37N3O/c1-3-15-40(16-4-1)53-37-54(63-59(62-53)43-17-5-2-6-18-43)41-31-27-38(28-32-41)39-29-33-42(34-30-39)57-56-47(46-21-9-13-25-52(46)61-57)35-36-51-58(56)64-55-26-14-12-24-50(55)60(51)48-22-10-7-19-44(48)45-20-8-11-23-49(45)60/h1-37H. The van der Waals surface area contributed by atoms with Crippen molar-refractivity contribution in [1.29, 1.82) is 0 Å². The molecule has 298 valence electrons. The van der Waals surface area contributed by atoms with Gasteiger partial charge < -0.3 is 4.74 Å². The van der Waals surface area contributed by atoms with Gasteiger partial charge in [0.25, 0.3) is 0 Å². The minimum atomic E-state index is -0.567. The SMILES string of the molecule is c1ccc(-c2cc(-c3ccc(-c4ccc(-c5nc6ccccc6c6ccc7c(c56)Oc5ccccc5C75c6ccccc6-c6ccccc65)cc4)cc3)nc(-c3ccccc3)n2)cc1. The average molecular weight is 816 g/mol. The third-order valence-electron chi connectivity index (χ3n) is 13.2. The lowest BCUT2D eigenvalue weighted by Crippen LogP contribution is -2.32. The van der Waals surface area contributed by atoms with Gasteiger partial charge in [-0.05, 0) is 57.0 Å². The largest absolute Gasteiger partial charge is 0.456 e. The third-order valence-corrected chi connectivity index (χ3v) is 13.2. The summed E-state index contributed by atoms with van der Waals surface area (Å²) in [6, 6.07) is 79.4. The highest BCUT2D eigenvalue weighted by molar-refractivity contribution is 6.14. The molecule has 0 saturated heterocycles. The van der Waals surface area contributed by atoms with Crippen LogP contribution in [0.1, 0.15) is 22.3 Å². The first-order valence-corrected chi connectivity index (χ1v) is 21.8. The van der Waals surface area contributed by atoms with E-state index in [-0.39, 0.29) is 0 Å². The monoisotopic (exact) mass is 815 g/mol. The second-order valence-corrected chi connectivity index (χ2v) is 16.6. The van der Waals surface area contributed by atoms with Crippen molar-refractivity contribution in [2.24, 2.45) is 0 Å². The Labute approximate surface area is 370 Å². The molecule has 64 heavy (non-hydrogen) atoms. The van der Waals surface area contributed by atoms with E-state index in [0.717, 1.165) is 94.8 Å². The van der Waals surface area contributed by atoms with Crippen LogP contribution in [-0.2, 0) is 5.41 Å². The van der Waals surface area contributed by atoms with E-state index < -0.39 is 5.41 Å². The van der Waals surface area contributed by atoms with E-state index >= 15 is 0 Å². The fraction of sp³-hybridized carbons (Fsp3) is 0.0167. The topological polar surface area (TPSA) is 47.9 Å². The first-order valence-electron chi connectivity index (χ1n) is 21.8. The van der Waals surface area contributed by atoms with Gasteiger partial charge in [-0.1, -0.05) is 206 Å².